The molecule has 1 aromatic heterocycles. The molecule has 0 bridgehead atoms. The minimum atomic E-state index is -0.883. The predicted octanol–water partition coefficient (Wildman–Crippen LogP) is 4.15. The van der Waals surface area contributed by atoms with Crippen LogP contribution in [-0.4, -0.2) is 19.3 Å². The molecule has 2 rings (SSSR count). The number of ether oxygens (including phenoxy) is 2. The SMILES string of the molecule is COc1cc(Cl)c(C(O)c2sccc2OC)cc1Cl. The Hall–Kier alpha value is -0.940. The first kappa shape index (κ1) is 14.5. The second-order valence-corrected chi connectivity index (χ2v) is 5.53. The molecule has 0 aliphatic rings. The second-order valence-electron chi connectivity index (χ2n) is 3.76. The summed E-state index contributed by atoms with van der Waals surface area (Å²) in [5, 5.41) is 13.0. The van der Waals surface area contributed by atoms with E-state index in [1.165, 1.54) is 18.4 Å². The van der Waals surface area contributed by atoms with Crippen LogP contribution in [0.4, 0.5) is 0 Å². The maximum atomic E-state index is 10.4. The minimum absolute atomic E-state index is 0.393. The molecule has 0 spiro atoms. The van der Waals surface area contributed by atoms with Crippen LogP contribution in [0.25, 0.3) is 0 Å². The lowest BCUT2D eigenvalue weighted by Crippen LogP contribution is -2.01. The molecule has 1 atom stereocenters. The molecule has 0 aliphatic carbocycles. The number of thiophene rings is 1. The van der Waals surface area contributed by atoms with E-state index in [9.17, 15) is 5.11 Å². The van der Waals surface area contributed by atoms with Gasteiger partial charge in [-0.2, -0.15) is 0 Å². The zero-order valence-corrected chi connectivity index (χ0v) is 12.6. The van der Waals surface area contributed by atoms with Gasteiger partial charge in [0, 0.05) is 11.6 Å². The van der Waals surface area contributed by atoms with Crippen LogP contribution >= 0.6 is 34.5 Å². The molecule has 1 heterocycles. The summed E-state index contributed by atoms with van der Waals surface area (Å²) in [6.07, 6.45) is -0.883. The zero-order valence-electron chi connectivity index (χ0n) is 10.3. The highest BCUT2D eigenvalue weighted by Gasteiger charge is 2.21. The molecule has 0 radical (unpaired) electrons. The van der Waals surface area contributed by atoms with E-state index < -0.39 is 6.10 Å². The summed E-state index contributed by atoms with van der Waals surface area (Å²) in [4.78, 5) is 0.686. The number of methoxy groups -OCH3 is 2. The molecular formula is C13H12Cl2O3S. The summed E-state index contributed by atoms with van der Waals surface area (Å²) in [5.74, 6) is 1.10. The second kappa shape index (κ2) is 6.01. The van der Waals surface area contributed by atoms with Crippen molar-refractivity contribution in [3.8, 4) is 11.5 Å². The first-order chi connectivity index (χ1) is 9.08. The summed E-state index contributed by atoms with van der Waals surface area (Å²) >= 11 is 13.6. The molecule has 102 valence electrons. The van der Waals surface area contributed by atoms with E-state index in [-0.39, 0.29) is 0 Å². The number of aliphatic hydroxyl groups excluding tert-OH is 1. The summed E-state index contributed by atoms with van der Waals surface area (Å²) in [6.45, 7) is 0. The van der Waals surface area contributed by atoms with E-state index in [1.54, 1.807) is 25.3 Å². The topological polar surface area (TPSA) is 38.7 Å². The maximum absolute atomic E-state index is 10.4. The molecular weight excluding hydrogens is 307 g/mol. The van der Waals surface area contributed by atoms with E-state index in [0.717, 1.165) is 0 Å². The summed E-state index contributed by atoms with van der Waals surface area (Å²) in [5.41, 5.74) is 0.521. The van der Waals surface area contributed by atoms with Crippen LogP contribution in [0, 0.1) is 0 Å². The molecule has 19 heavy (non-hydrogen) atoms. The fourth-order valence-corrected chi connectivity index (χ4v) is 3.10. The molecule has 0 fully saturated rings. The van der Waals surface area contributed by atoms with E-state index in [0.29, 0.717) is 32.0 Å². The fraction of sp³-hybridized carbons (Fsp3) is 0.231. The third-order valence-electron chi connectivity index (χ3n) is 2.69. The molecule has 0 saturated heterocycles. The molecule has 3 nitrogen and oxygen atoms in total. The van der Waals surface area contributed by atoms with Crippen LogP contribution in [0.1, 0.15) is 16.5 Å². The molecule has 1 N–H and O–H groups in total. The lowest BCUT2D eigenvalue weighted by Gasteiger charge is -2.15. The summed E-state index contributed by atoms with van der Waals surface area (Å²) in [6, 6.07) is 4.98. The van der Waals surface area contributed by atoms with Gasteiger partial charge in [0.05, 0.1) is 29.1 Å². The first-order valence-electron chi connectivity index (χ1n) is 5.40. The molecule has 0 aliphatic heterocycles. The Morgan fingerprint density at radius 1 is 1.11 bits per heavy atom. The van der Waals surface area contributed by atoms with Gasteiger partial charge in [-0.15, -0.1) is 11.3 Å². The van der Waals surface area contributed by atoms with Gasteiger partial charge in [0.2, 0.25) is 0 Å². The third kappa shape index (κ3) is 2.82. The highest BCUT2D eigenvalue weighted by Crippen LogP contribution is 2.40. The van der Waals surface area contributed by atoms with E-state index in [1.807, 2.05) is 5.38 Å². The Labute approximate surface area is 125 Å². The Morgan fingerprint density at radius 3 is 2.42 bits per heavy atom. The molecule has 0 saturated carbocycles. The van der Waals surface area contributed by atoms with Crippen LogP contribution < -0.4 is 9.47 Å². The van der Waals surface area contributed by atoms with Crippen LogP contribution in [-0.2, 0) is 0 Å². The predicted molar refractivity (Wildman–Crippen MR) is 77.9 cm³/mol. The van der Waals surface area contributed by atoms with Crippen molar-refractivity contribution in [2.75, 3.05) is 14.2 Å². The smallest absolute Gasteiger partial charge is 0.138 e. The standard InChI is InChI=1S/C13H12Cl2O3S/c1-17-10-3-4-19-13(10)12(16)7-5-9(15)11(18-2)6-8(7)14/h3-6,12,16H,1-2H3. The highest BCUT2D eigenvalue weighted by molar-refractivity contribution is 7.10. The molecule has 0 amide bonds. The molecule has 6 heteroatoms. The van der Waals surface area contributed by atoms with Gasteiger partial charge in [0.15, 0.2) is 0 Å². The fourth-order valence-electron chi connectivity index (χ4n) is 1.73. The van der Waals surface area contributed by atoms with Crippen LogP contribution in [0.2, 0.25) is 10.0 Å². The maximum Gasteiger partial charge on any atom is 0.138 e. The van der Waals surface area contributed by atoms with Gasteiger partial charge >= 0.3 is 0 Å². The van der Waals surface area contributed by atoms with Crippen molar-refractivity contribution >= 4 is 34.5 Å². The summed E-state index contributed by atoms with van der Waals surface area (Å²) < 4.78 is 10.3. The third-order valence-corrected chi connectivity index (χ3v) is 4.26. The number of hydrogen-bond donors (Lipinski definition) is 1. The van der Waals surface area contributed by atoms with Crippen molar-refractivity contribution in [2.24, 2.45) is 0 Å². The van der Waals surface area contributed by atoms with Gasteiger partial charge in [0.1, 0.15) is 17.6 Å². The van der Waals surface area contributed by atoms with Crippen LogP contribution in [0.15, 0.2) is 23.6 Å². The minimum Gasteiger partial charge on any atom is -0.495 e. The average molecular weight is 319 g/mol. The van der Waals surface area contributed by atoms with Crippen molar-refractivity contribution in [1.29, 1.82) is 0 Å². The van der Waals surface area contributed by atoms with Crippen LogP contribution in [0.3, 0.4) is 0 Å². The van der Waals surface area contributed by atoms with Gasteiger partial charge in [0.25, 0.3) is 0 Å². The largest absolute Gasteiger partial charge is 0.495 e. The number of rotatable bonds is 4. The lowest BCUT2D eigenvalue weighted by atomic mass is 10.1. The van der Waals surface area contributed by atoms with Gasteiger partial charge < -0.3 is 14.6 Å². The van der Waals surface area contributed by atoms with Crippen molar-refractivity contribution in [3.63, 3.8) is 0 Å². The monoisotopic (exact) mass is 318 g/mol. The Bertz CT molecular complexity index is 583. The van der Waals surface area contributed by atoms with Gasteiger partial charge in [-0.25, -0.2) is 0 Å². The van der Waals surface area contributed by atoms with Gasteiger partial charge in [-0.3, -0.25) is 0 Å². The number of hydrogen-bond acceptors (Lipinski definition) is 4. The van der Waals surface area contributed by atoms with Crippen LogP contribution in [0.5, 0.6) is 11.5 Å². The van der Waals surface area contributed by atoms with Crippen molar-refractivity contribution in [2.45, 2.75) is 6.10 Å². The Kier molecular flexibility index (Phi) is 4.58. The highest BCUT2D eigenvalue weighted by atomic mass is 35.5. The van der Waals surface area contributed by atoms with E-state index in [2.05, 4.69) is 0 Å². The quantitative estimate of drug-likeness (QED) is 0.920. The normalized spacial score (nSPS) is 12.3. The number of benzene rings is 1. The Balaban J connectivity index is 2.44. The van der Waals surface area contributed by atoms with E-state index in [4.69, 9.17) is 32.7 Å². The molecule has 2 aromatic rings. The average Bonchev–Trinajstić information content (AvgIpc) is 2.88. The van der Waals surface area contributed by atoms with E-state index >= 15 is 0 Å². The lowest BCUT2D eigenvalue weighted by molar-refractivity contribution is 0.219. The number of halogens is 2. The van der Waals surface area contributed by atoms with Crippen molar-refractivity contribution in [3.05, 3.63) is 44.1 Å². The van der Waals surface area contributed by atoms with Gasteiger partial charge in [-0.05, 0) is 17.5 Å². The first-order valence-corrected chi connectivity index (χ1v) is 7.04. The molecule has 1 aromatic carbocycles. The van der Waals surface area contributed by atoms with Crippen molar-refractivity contribution in [1.82, 2.24) is 0 Å². The zero-order chi connectivity index (χ0) is 14.0. The number of aliphatic hydroxyl groups is 1. The Morgan fingerprint density at radius 2 is 1.79 bits per heavy atom. The van der Waals surface area contributed by atoms with Gasteiger partial charge in [-0.1, -0.05) is 23.2 Å². The molecule has 1 unspecified atom stereocenters. The van der Waals surface area contributed by atoms with Crippen molar-refractivity contribution < 1.29 is 14.6 Å². The summed E-state index contributed by atoms with van der Waals surface area (Å²) in [7, 11) is 3.07.